The van der Waals surface area contributed by atoms with E-state index in [2.05, 4.69) is 0 Å². The molecule has 1 atom stereocenters. The molecule has 1 saturated heterocycles. The van der Waals surface area contributed by atoms with Crippen LogP contribution in [0.2, 0.25) is 0 Å². The van der Waals surface area contributed by atoms with Crippen LogP contribution in [0, 0.1) is 13.8 Å². The van der Waals surface area contributed by atoms with E-state index in [1.807, 2.05) is 32.0 Å². The Kier molecular flexibility index (Phi) is 3.51. The Balaban J connectivity index is 2.40. The summed E-state index contributed by atoms with van der Waals surface area (Å²) in [6.45, 7) is 4.34. The number of carbonyl (C=O) groups excluding carboxylic acids is 1. The van der Waals surface area contributed by atoms with Crippen molar-refractivity contribution in [2.75, 3.05) is 11.4 Å². The molecule has 2 N–H and O–H groups in total. The van der Waals surface area contributed by atoms with E-state index in [0.29, 0.717) is 10.9 Å². The van der Waals surface area contributed by atoms with Crippen LogP contribution < -0.4 is 10.6 Å². The molecule has 3 nitrogen and oxygen atoms in total. The van der Waals surface area contributed by atoms with Gasteiger partial charge in [0, 0.05) is 6.54 Å². The van der Waals surface area contributed by atoms with Gasteiger partial charge in [-0.1, -0.05) is 41.7 Å². The standard InChI is InChI=1S/C12H14N2OS2/c1-7-3-4-9(8(2)5-7)14-11(15)10(6-13)17-12(14)16/h3-5,10H,6,13H2,1-2H3. The number of benzene rings is 1. The molecule has 17 heavy (non-hydrogen) atoms. The lowest BCUT2D eigenvalue weighted by molar-refractivity contribution is -0.116. The minimum Gasteiger partial charge on any atom is -0.329 e. The second-order valence-corrected chi connectivity index (χ2v) is 5.91. The quantitative estimate of drug-likeness (QED) is 0.832. The Bertz CT molecular complexity index is 487. The summed E-state index contributed by atoms with van der Waals surface area (Å²) in [5.41, 5.74) is 8.66. The fraction of sp³-hybridized carbons (Fsp3) is 0.333. The van der Waals surface area contributed by atoms with Gasteiger partial charge < -0.3 is 5.73 Å². The molecule has 1 aromatic rings. The zero-order valence-corrected chi connectivity index (χ0v) is 11.4. The molecule has 1 aliphatic rings. The number of thiocarbonyl (C=S) groups is 1. The zero-order valence-electron chi connectivity index (χ0n) is 9.77. The lowest BCUT2D eigenvalue weighted by atomic mass is 10.1. The smallest absolute Gasteiger partial charge is 0.247 e. The highest BCUT2D eigenvalue weighted by Crippen LogP contribution is 2.33. The molecule has 5 heteroatoms. The highest BCUT2D eigenvalue weighted by atomic mass is 32.2. The molecule has 1 heterocycles. The van der Waals surface area contributed by atoms with Gasteiger partial charge in [-0.3, -0.25) is 9.69 Å². The Labute approximate surface area is 110 Å². The molecule has 1 aromatic carbocycles. The summed E-state index contributed by atoms with van der Waals surface area (Å²) in [4.78, 5) is 13.7. The van der Waals surface area contributed by atoms with E-state index in [-0.39, 0.29) is 11.2 Å². The average Bonchev–Trinajstić information content (AvgIpc) is 2.55. The van der Waals surface area contributed by atoms with Gasteiger partial charge in [-0.15, -0.1) is 0 Å². The molecule has 0 radical (unpaired) electrons. The third-order valence-corrected chi connectivity index (χ3v) is 4.26. The summed E-state index contributed by atoms with van der Waals surface area (Å²) < 4.78 is 0.595. The maximum atomic E-state index is 12.1. The second-order valence-electron chi connectivity index (χ2n) is 4.07. The molecule has 0 bridgehead atoms. The summed E-state index contributed by atoms with van der Waals surface area (Å²) in [5.74, 6) is -0.00514. The van der Waals surface area contributed by atoms with Crippen molar-refractivity contribution >= 4 is 39.9 Å². The Morgan fingerprint density at radius 1 is 1.47 bits per heavy atom. The first-order chi connectivity index (χ1) is 8.04. The lowest BCUT2D eigenvalue weighted by Gasteiger charge is -2.18. The maximum Gasteiger partial charge on any atom is 0.247 e. The van der Waals surface area contributed by atoms with Gasteiger partial charge in [-0.2, -0.15) is 0 Å². The molecule has 0 aliphatic carbocycles. The van der Waals surface area contributed by atoms with Gasteiger partial charge in [0.15, 0.2) is 0 Å². The SMILES string of the molecule is Cc1ccc(N2C(=O)C(CN)SC2=S)c(C)c1. The first kappa shape index (κ1) is 12.5. The van der Waals surface area contributed by atoms with Gasteiger partial charge in [-0.25, -0.2) is 0 Å². The number of carbonyl (C=O) groups is 1. The minimum absolute atomic E-state index is 0.00514. The predicted molar refractivity (Wildman–Crippen MR) is 76.4 cm³/mol. The minimum atomic E-state index is -0.233. The first-order valence-electron chi connectivity index (χ1n) is 5.36. The van der Waals surface area contributed by atoms with Crippen LogP contribution in [-0.4, -0.2) is 22.0 Å². The summed E-state index contributed by atoms with van der Waals surface area (Å²) in [5, 5.41) is -0.233. The van der Waals surface area contributed by atoms with Crippen molar-refractivity contribution in [3.63, 3.8) is 0 Å². The molecule has 1 unspecified atom stereocenters. The van der Waals surface area contributed by atoms with Crippen LogP contribution in [0.3, 0.4) is 0 Å². The van der Waals surface area contributed by atoms with E-state index in [1.54, 1.807) is 4.90 Å². The van der Waals surface area contributed by atoms with E-state index >= 15 is 0 Å². The number of aryl methyl sites for hydroxylation is 2. The van der Waals surface area contributed by atoms with Crippen molar-refractivity contribution in [3.05, 3.63) is 29.3 Å². The van der Waals surface area contributed by atoms with E-state index in [9.17, 15) is 4.79 Å². The molecule has 1 amide bonds. The van der Waals surface area contributed by atoms with Crippen molar-refractivity contribution in [2.45, 2.75) is 19.1 Å². The highest BCUT2D eigenvalue weighted by molar-refractivity contribution is 8.25. The van der Waals surface area contributed by atoms with Gasteiger partial charge in [0.1, 0.15) is 9.57 Å². The number of thioether (sulfide) groups is 1. The number of rotatable bonds is 2. The molecule has 90 valence electrons. The summed E-state index contributed by atoms with van der Waals surface area (Å²) in [7, 11) is 0. The van der Waals surface area contributed by atoms with Crippen LogP contribution in [0.1, 0.15) is 11.1 Å². The van der Waals surface area contributed by atoms with Gasteiger partial charge in [-0.05, 0) is 25.5 Å². The average molecular weight is 266 g/mol. The van der Waals surface area contributed by atoms with Gasteiger partial charge in [0.25, 0.3) is 0 Å². The Morgan fingerprint density at radius 2 is 2.18 bits per heavy atom. The molecular formula is C12H14N2OS2. The fourth-order valence-electron chi connectivity index (χ4n) is 1.88. The Morgan fingerprint density at radius 3 is 2.71 bits per heavy atom. The van der Waals surface area contributed by atoms with Crippen molar-refractivity contribution < 1.29 is 4.79 Å². The van der Waals surface area contributed by atoms with E-state index < -0.39 is 0 Å². The third-order valence-electron chi connectivity index (χ3n) is 2.73. The lowest BCUT2D eigenvalue weighted by Crippen LogP contribution is -2.34. The predicted octanol–water partition coefficient (Wildman–Crippen LogP) is 2.00. The number of hydrogen-bond donors (Lipinski definition) is 1. The largest absolute Gasteiger partial charge is 0.329 e. The third kappa shape index (κ3) is 2.22. The number of nitrogens with two attached hydrogens (primary N) is 1. The topological polar surface area (TPSA) is 46.3 Å². The molecule has 1 aliphatic heterocycles. The maximum absolute atomic E-state index is 12.1. The molecular weight excluding hydrogens is 252 g/mol. The van der Waals surface area contributed by atoms with E-state index in [0.717, 1.165) is 11.3 Å². The highest BCUT2D eigenvalue weighted by Gasteiger charge is 2.37. The molecule has 0 spiro atoms. The van der Waals surface area contributed by atoms with Gasteiger partial charge in [0.2, 0.25) is 5.91 Å². The van der Waals surface area contributed by atoms with Crippen LogP contribution in [0.25, 0.3) is 0 Å². The van der Waals surface area contributed by atoms with Crippen molar-refractivity contribution in [3.8, 4) is 0 Å². The number of nitrogens with zero attached hydrogens (tertiary/aromatic N) is 1. The summed E-state index contributed by atoms with van der Waals surface area (Å²) in [6.07, 6.45) is 0. The van der Waals surface area contributed by atoms with E-state index in [1.165, 1.54) is 17.3 Å². The van der Waals surface area contributed by atoms with Crippen molar-refractivity contribution in [2.24, 2.45) is 5.73 Å². The summed E-state index contributed by atoms with van der Waals surface area (Å²) >= 11 is 6.62. The second kappa shape index (κ2) is 4.76. The number of anilines is 1. The molecule has 0 aromatic heterocycles. The number of hydrogen-bond acceptors (Lipinski definition) is 4. The van der Waals surface area contributed by atoms with Gasteiger partial charge >= 0.3 is 0 Å². The molecule has 1 fully saturated rings. The summed E-state index contributed by atoms with van der Waals surface area (Å²) in [6, 6.07) is 5.97. The van der Waals surface area contributed by atoms with Crippen LogP contribution in [0.5, 0.6) is 0 Å². The zero-order chi connectivity index (χ0) is 12.6. The van der Waals surface area contributed by atoms with Crippen molar-refractivity contribution in [1.82, 2.24) is 0 Å². The van der Waals surface area contributed by atoms with Crippen LogP contribution in [0.15, 0.2) is 18.2 Å². The Hall–Kier alpha value is -0.910. The normalized spacial score (nSPS) is 20.2. The van der Waals surface area contributed by atoms with Gasteiger partial charge in [0.05, 0.1) is 5.69 Å². The van der Waals surface area contributed by atoms with Crippen LogP contribution in [0.4, 0.5) is 5.69 Å². The number of amides is 1. The van der Waals surface area contributed by atoms with Crippen molar-refractivity contribution in [1.29, 1.82) is 0 Å². The fourth-order valence-corrected chi connectivity index (χ4v) is 3.26. The van der Waals surface area contributed by atoms with Crippen LogP contribution in [-0.2, 0) is 4.79 Å². The molecule has 2 rings (SSSR count). The van der Waals surface area contributed by atoms with Crippen LogP contribution >= 0.6 is 24.0 Å². The van der Waals surface area contributed by atoms with E-state index in [4.69, 9.17) is 18.0 Å². The molecule has 0 saturated carbocycles. The monoisotopic (exact) mass is 266 g/mol. The first-order valence-corrected chi connectivity index (χ1v) is 6.65.